The van der Waals surface area contributed by atoms with Gasteiger partial charge in [-0.25, -0.2) is 0 Å². The zero-order chi connectivity index (χ0) is 9.26. The molecule has 0 aromatic carbocycles. The van der Waals surface area contributed by atoms with E-state index in [1.165, 1.54) is 4.88 Å². The van der Waals surface area contributed by atoms with Gasteiger partial charge in [0.05, 0.1) is 4.88 Å². The fourth-order valence-electron chi connectivity index (χ4n) is 1.51. The van der Waals surface area contributed by atoms with Crippen LogP contribution in [0.25, 0.3) is 0 Å². The Labute approximate surface area is 81.5 Å². The average Bonchev–Trinajstić information content (AvgIpc) is 2.72. The molecule has 70 valence electrons. The highest BCUT2D eigenvalue weighted by Gasteiger charge is 2.25. The number of ketones is 1. The molecule has 2 nitrogen and oxygen atoms in total. The second-order valence-corrected chi connectivity index (χ2v) is 4.56. The molecule has 0 saturated carbocycles. The highest BCUT2D eigenvalue weighted by Crippen LogP contribution is 2.22. The number of rotatable bonds is 2. The van der Waals surface area contributed by atoms with Crippen LogP contribution in [0.4, 0.5) is 0 Å². The van der Waals surface area contributed by atoms with E-state index in [0.29, 0.717) is 0 Å². The Morgan fingerprint density at radius 1 is 1.62 bits per heavy atom. The van der Waals surface area contributed by atoms with Crippen molar-refractivity contribution in [3.05, 3.63) is 21.9 Å². The molecule has 0 aliphatic carbocycles. The van der Waals surface area contributed by atoms with Gasteiger partial charge in [-0.1, -0.05) is 0 Å². The lowest BCUT2D eigenvalue weighted by Gasteiger charge is -2.04. The molecule has 1 atom stereocenters. The van der Waals surface area contributed by atoms with Crippen molar-refractivity contribution >= 4 is 17.1 Å². The Bertz CT molecular complexity index is 310. The smallest absolute Gasteiger partial charge is 0.201 e. The second-order valence-electron chi connectivity index (χ2n) is 3.28. The highest BCUT2D eigenvalue weighted by molar-refractivity contribution is 7.14. The van der Waals surface area contributed by atoms with Crippen LogP contribution in [0.3, 0.4) is 0 Å². The molecule has 2 heterocycles. The number of carbonyl (C=O) groups excluding carboxylic acids is 1. The van der Waals surface area contributed by atoms with Gasteiger partial charge in [-0.3, -0.25) is 4.79 Å². The van der Waals surface area contributed by atoms with Crippen molar-refractivity contribution in [1.29, 1.82) is 0 Å². The largest absolute Gasteiger partial charge is 0.370 e. The van der Waals surface area contributed by atoms with Crippen LogP contribution in [0, 0.1) is 6.92 Å². The van der Waals surface area contributed by atoms with Crippen LogP contribution in [0.2, 0.25) is 0 Å². The Morgan fingerprint density at radius 3 is 3.00 bits per heavy atom. The Hall–Kier alpha value is -0.670. The van der Waals surface area contributed by atoms with Gasteiger partial charge < -0.3 is 4.74 Å². The van der Waals surface area contributed by atoms with Crippen molar-refractivity contribution in [1.82, 2.24) is 0 Å². The van der Waals surface area contributed by atoms with Crippen LogP contribution >= 0.6 is 11.3 Å². The summed E-state index contributed by atoms with van der Waals surface area (Å²) in [4.78, 5) is 13.8. The number of ether oxygens (including phenoxy) is 1. The normalized spacial score (nSPS) is 22.1. The summed E-state index contributed by atoms with van der Waals surface area (Å²) in [5.41, 5.74) is 0. The van der Waals surface area contributed by atoms with Gasteiger partial charge in [0.2, 0.25) is 5.78 Å². The van der Waals surface area contributed by atoms with Crippen LogP contribution in [0.1, 0.15) is 27.4 Å². The van der Waals surface area contributed by atoms with Crippen molar-refractivity contribution in [3.8, 4) is 0 Å². The summed E-state index contributed by atoms with van der Waals surface area (Å²) in [6, 6.07) is 3.87. The third-order valence-electron chi connectivity index (χ3n) is 2.21. The van der Waals surface area contributed by atoms with Crippen molar-refractivity contribution in [2.75, 3.05) is 6.61 Å². The third kappa shape index (κ3) is 1.81. The number of Topliss-reactive ketones (excluding diaryl/α,β-unsaturated/α-hetero) is 1. The van der Waals surface area contributed by atoms with E-state index >= 15 is 0 Å². The number of thiophene rings is 1. The molecule has 0 amide bonds. The van der Waals surface area contributed by atoms with E-state index in [9.17, 15) is 4.79 Å². The predicted octanol–water partition coefficient (Wildman–Crippen LogP) is 2.42. The summed E-state index contributed by atoms with van der Waals surface area (Å²) < 4.78 is 5.34. The first-order valence-electron chi connectivity index (χ1n) is 4.49. The molecule has 0 bridgehead atoms. The fourth-order valence-corrected chi connectivity index (χ4v) is 2.36. The van der Waals surface area contributed by atoms with Gasteiger partial charge >= 0.3 is 0 Å². The summed E-state index contributed by atoms with van der Waals surface area (Å²) in [5.74, 6) is 0.163. The molecule has 1 aliphatic rings. The maximum absolute atomic E-state index is 11.7. The van der Waals surface area contributed by atoms with Gasteiger partial charge in [-0.15, -0.1) is 11.3 Å². The monoisotopic (exact) mass is 196 g/mol. The molecular weight excluding hydrogens is 184 g/mol. The summed E-state index contributed by atoms with van der Waals surface area (Å²) >= 11 is 1.55. The summed E-state index contributed by atoms with van der Waals surface area (Å²) in [7, 11) is 0. The molecule has 1 unspecified atom stereocenters. The Morgan fingerprint density at radius 2 is 2.46 bits per heavy atom. The second kappa shape index (κ2) is 3.60. The van der Waals surface area contributed by atoms with Crippen molar-refractivity contribution in [2.45, 2.75) is 25.9 Å². The third-order valence-corrected chi connectivity index (χ3v) is 3.22. The van der Waals surface area contributed by atoms with Crippen molar-refractivity contribution in [2.24, 2.45) is 0 Å². The molecule has 0 N–H and O–H groups in total. The molecule has 1 aromatic rings. The molecule has 0 spiro atoms. The fraction of sp³-hybridized carbons (Fsp3) is 0.500. The van der Waals surface area contributed by atoms with E-state index in [1.54, 1.807) is 11.3 Å². The van der Waals surface area contributed by atoms with Crippen LogP contribution in [-0.2, 0) is 4.74 Å². The van der Waals surface area contributed by atoms with Gasteiger partial charge in [0.25, 0.3) is 0 Å². The van der Waals surface area contributed by atoms with Crippen molar-refractivity contribution < 1.29 is 9.53 Å². The van der Waals surface area contributed by atoms with E-state index < -0.39 is 0 Å². The van der Waals surface area contributed by atoms with E-state index in [4.69, 9.17) is 4.74 Å². The summed E-state index contributed by atoms with van der Waals surface area (Å²) in [5, 5.41) is 0. The minimum Gasteiger partial charge on any atom is -0.370 e. The average molecular weight is 196 g/mol. The maximum Gasteiger partial charge on any atom is 0.201 e. The van der Waals surface area contributed by atoms with Gasteiger partial charge in [0, 0.05) is 11.5 Å². The Kier molecular flexibility index (Phi) is 2.47. The summed E-state index contributed by atoms with van der Waals surface area (Å²) in [6.45, 7) is 2.75. The number of hydrogen-bond acceptors (Lipinski definition) is 3. The van der Waals surface area contributed by atoms with Crippen LogP contribution in [0.15, 0.2) is 12.1 Å². The molecular formula is C10H12O2S. The molecule has 13 heavy (non-hydrogen) atoms. The van der Waals surface area contributed by atoms with E-state index in [2.05, 4.69) is 0 Å². The summed E-state index contributed by atoms with van der Waals surface area (Å²) in [6.07, 6.45) is 1.73. The van der Waals surface area contributed by atoms with E-state index in [0.717, 1.165) is 24.3 Å². The Balaban J connectivity index is 2.12. The van der Waals surface area contributed by atoms with Gasteiger partial charge in [0.1, 0.15) is 6.10 Å². The number of carbonyl (C=O) groups is 1. The minimum atomic E-state index is -0.168. The minimum absolute atomic E-state index is 0.163. The molecule has 0 radical (unpaired) electrons. The highest BCUT2D eigenvalue weighted by atomic mass is 32.1. The molecule has 2 rings (SSSR count). The zero-order valence-corrected chi connectivity index (χ0v) is 8.39. The first kappa shape index (κ1) is 8.91. The van der Waals surface area contributed by atoms with Crippen LogP contribution in [-0.4, -0.2) is 18.5 Å². The molecule has 1 fully saturated rings. The lowest BCUT2D eigenvalue weighted by Crippen LogP contribution is -2.18. The topological polar surface area (TPSA) is 26.3 Å². The quantitative estimate of drug-likeness (QED) is 0.679. The predicted molar refractivity (Wildman–Crippen MR) is 52.4 cm³/mol. The SMILES string of the molecule is Cc1ccc(C(=O)C2CCCO2)s1. The maximum atomic E-state index is 11.7. The number of hydrogen-bond donors (Lipinski definition) is 0. The van der Waals surface area contributed by atoms with Gasteiger partial charge in [0.15, 0.2) is 0 Å². The first-order chi connectivity index (χ1) is 6.27. The van der Waals surface area contributed by atoms with Gasteiger partial charge in [-0.2, -0.15) is 0 Å². The molecule has 1 aromatic heterocycles. The lowest BCUT2D eigenvalue weighted by molar-refractivity contribution is 0.0647. The number of aryl methyl sites for hydroxylation is 1. The first-order valence-corrected chi connectivity index (χ1v) is 5.31. The molecule has 1 aliphatic heterocycles. The lowest BCUT2D eigenvalue weighted by atomic mass is 10.1. The molecule has 1 saturated heterocycles. The van der Waals surface area contributed by atoms with E-state index in [-0.39, 0.29) is 11.9 Å². The van der Waals surface area contributed by atoms with E-state index in [1.807, 2.05) is 19.1 Å². The van der Waals surface area contributed by atoms with Crippen LogP contribution < -0.4 is 0 Å². The van der Waals surface area contributed by atoms with Crippen molar-refractivity contribution in [3.63, 3.8) is 0 Å². The molecule has 3 heteroatoms. The standard InChI is InChI=1S/C10H12O2S/c1-7-4-5-9(13-7)10(11)8-3-2-6-12-8/h4-5,8H,2-3,6H2,1H3. The van der Waals surface area contributed by atoms with Gasteiger partial charge in [-0.05, 0) is 31.9 Å². The zero-order valence-electron chi connectivity index (χ0n) is 7.58. The van der Waals surface area contributed by atoms with Crippen LogP contribution in [0.5, 0.6) is 0 Å².